The Labute approximate surface area is 511 Å². The Bertz CT molecular complexity index is 3070. The molecule has 33 nitrogen and oxygen atoms in total. The summed E-state index contributed by atoms with van der Waals surface area (Å²) in [5.41, 5.74) is 18.1. The number of thiol groups is 2. The third-order valence-corrected chi connectivity index (χ3v) is 13.6. The van der Waals surface area contributed by atoms with Gasteiger partial charge in [0, 0.05) is 47.9 Å². The van der Waals surface area contributed by atoms with Crippen molar-refractivity contribution in [2.24, 2.45) is 23.1 Å². The zero-order chi connectivity index (χ0) is 66.1. The van der Waals surface area contributed by atoms with Crippen molar-refractivity contribution in [3.05, 3.63) is 65.9 Å². The first-order valence-electron chi connectivity index (χ1n) is 26.8. The van der Waals surface area contributed by atoms with Gasteiger partial charge in [-0.3, -0.25) is 67.1 Å². The number of carboxylic acids is 4. The molecule has 3 rings (SSSR count). The normalized spacial score (nSPS) is 14.4. The number of aromatic amines is 1. The topological polar surface area (TPSA) is 559 Å². The van der Waals surface area contributed by atoms with Gasteiger partial charge in [-0.05, 0) is 48.1 Å². The van der Waals surface area contributed by atoms with Gasteiger partial charge in [-0.25, -0.2) is 4.79 Å². The minimum absolute atomic E-state index is 0.153. The second kappa shape index (κ2) is 35.2. The fraction of sp³-hybridized carbons (Fsp3) is 0.453. The number of nitrogens with two attached hydrogens (primary N) is 3. The van der Waals surface area contributed by atoms with Crippen LogP contribution in [0, 0.1) is 5.92 Å². The van der Waals surface area contributed by atoms with Crippen molar-refractivity contribution >= 4 is 125 Å². The number of carboxylic acid groups (broad SMARTS) is 4. The molecule has 0 aliphatic heterocycles. The lowest BCUT2D eigenvalue weighted by molar-refractivity contribution is -0.144. The van der Waals surface area contributed by atoms with E-state index >= 15 is 0 Å². The van der Waals surface area contributed by atoms with E-state index < -0.39 is 206 Å². The van der Waals surface area contributed by atoms with E-state index in [1.165, 1.54) is 24.3 Å². The van der Waals surface area contributed by atoms with Crippen LogP contribution in [-0.2, 0) is 84.8 Å². The molecule has 11 amide bonds. The molecule has 2 aromatic carbocycles. The molecule has 0 fully saturated rings. The smallest absolute Gasteiger partial charge is 0.327 e. The maximum atomic E-state index is 14.4. The third kappa shape index (κ3) is 24.5. The van der Waals surface area contributed by atoms with Crippen LogP contribution >= 0.6 is 25.3 Å². The van der Waals surface area contributed by atoms with E-state index in [4.69, 9.17) is 17.2 Å². The molecule has 1 heterocycles. The van der Waals surface area contributed by atoms with Crippen LogP contribution in [0.25, 0.3) is 10.9 Å². The molecule has 1 aromatic heterocycles. The number of H-pyrrole nitrogens is 1. The van der Waals surface area contributed by atoms with Gasteiger partial charge in [0.1, 0.15) is 60.1 Å². The summed E-state index contributed by atoms with van der Waals surface area (Å²) in [6.45, 7) is 3.17. The molecular formula is C53H71N13O20S2. The van der Waals surface area contributed by atoms with Crippen molar-refractivity contribution < 1.29 is 97.5 Å². The number of hydrogen-bond donors (Lipinski definition) is 20. The zero-order valence-electron chi connectivity index (χ0n) is 47.3. The van der Waals surface area contributed by atoms with Gasteiger partial charge in [-0.15, -0.1) is 0 Å². The molecule has 35 heteroatoms. The molecule has 21 N–H and O–H groups in total. The first-order valence-corrected chi connectivity index (χ1v) is 28.1. The number of carbonyl (C=O) groups is 15. The standard InChI is InChI=1S/C53H71N13O20S2/c1-23(2)13-31(46(78)63-36(18-42(72)73)51(83)65-37(19-43(74)75)52(84)66-38(22-88)53(85)86)60-47(79)32(14-24-7-9-26(67)10-8-24)61-49(81)34(16-40(56)69)62-45(77)30(11-12-39(55)68)58-50(82)35(17-41(70)71)64-48(80)33(59-44(76)28(54)21-87)15-25-20-57-29-6-4-3-5-27(25)29/h3-10,20,23,28,30-38,57,67,87-88H,11-19,21-22,54H2,1-2H3,(H2,55,68)(H2,56,69)(H,58,82)(H,59,76)(H,60,79)(H,61,81)(H,62,77)(H,63,78)(H,64,80)(H,65,83)(H,66,84)(H,70,71)(H,72,73)(H,74,75)(H,85,86)/t28-,30-,31-,32-,33-,34-,35-,36-,37-,38-/m0/s1. The highest BCUT2D eigenvalue weighted by atomic mass is 32.1. The molecule has 3 aromatic rings. The lowest BCUT2D eigenvalue weighted by atomic mass is 10.00. The first kappa shape index (κ1) is 72.7. The Balaban J connectivity index is 1.98. The van der Waals surface area contributed by atoms with E-state index in [0.717, 1.165) is 0 Å². The van der Waals surface area contributed by atoms with Crippen molar-refractivity contribution in [1.82, 2.24) is 52.8 Å². The minimum atomic E-state index is -2.10. The van der Waals surface area contributed by atoms with Crippen LogP contribution in [0.2, 0.25) is 0 Å². The molecule has 0 spiro atoms. The van der Waals surface area contributed by atoms with Crippen molar-refractivity contribution in [2.75, 3.05) is 11.5 Å². The number of amides is 11. The number of carbonyl (C=O) groups excluding carboxylic acids is 11. The first-order chi connectivity index (χ1) is 41.3. The van der Waals surface area contributed by atoms with Gasteiger partial charge in [-0.2, -0.15) is 25.3 Å². The van der Waals surface area contributed by atoms with E-state index in [2.05, 4.69) is 67.5 Å². The molecule has 0 radical (unpaired) electrons. The Morgan fingerprint density at radius 3 is 1.32 bits per heavy atom. The number of aromatic nitrogens is 1. The molecule has 0 saturated heterocycles. The van der Waals surface area contributed by atoms with Crippen molar-refractivity contribution in [2.45, 2.75) is 132 Å². The number of phenolic OH excluding ortho intramolecular Hbond substituents is 1. The number of aromatic hydroxyl groups is 1. The number of hydrogen-bond acceptors (Lipinski definition) is 19. The predicted octanol–water partition coefficient (Wildman–Crippen LogP) is -5.10. The quantitative estimate of drug-likeness (QED) is 0.0239. The summed E-state index contributed by atoms with van der Waals surface area (Å²) in [5, 5.41) is 69.0. The number of aliphatic carboxylic acids is 4. The summed E-state index contributed by atoms with van der Waals surface area (Å²) in [6, 6.07) is -6.06. The van der Waals surface area contributed by atoms with Gasteiger partial charge in [0.25, 0.3) is 0 Å². The highest BCUT2D eigenvalue weighted by molar-refractivity contribution is 7.80. The van der Waals surface area contributed by atoms with E-state index in [1.807, 2.05) is 10.6 Å². The summed E-state index contributed by atoms with van der Waals surface area (Å²) in [7, 11) is 0. The van der Waals surface area contributed by atoms with Gasteiger partial charge in [-0.1, -0.05) is 44.2 Å². The summed E-state index contributed by atoms with van der Waals surface area (Å²) in [6.07, 6.45) is -5.25. The average molecular weight is 1270 g/mol. The number of primary amides is 2. The molecule has 10 atom stereocenters. The number of phenols is 1. The Kier molecular flexibility index (Phi) is 29.1. The molecule has 0 unspecified atom stereocenters. The maximum Gasteiger partial charge on any atom is 0.327 e. The van der Waals surface area contributed by atoms with Crippen molar-refractivity contribution in [3.63, 3.8) is 0 Å². The average Bonchev–Trinajstić information content (AvgIpc) is 3.81. The number of rotatable bonds is 38. The van der Waals surface area contributed by atoms with Crippen LogP contribution in [0.4, 0.5) is 0 Å². The minimum Gasteiger partial charge on any atom is -0.508 e. The number of fused-ring (bicyclic) bond motifs is 1. The Morgan fingerprint density at radius 1 is 0.477 bits per heavy atom. The lowest BCUT2D eigenvalue weighted by Crippen LogP contribution is -2.61. The van der Waals surface area contributed by atoms with Crippen LogP contribution in [0.3, 0.4) is 0 Å². The zero-order valence-corrected chi connectivity index (χ0v) is 49.1. The summed E-state index contributed by atoms with van der Waals surface area (Å²) in [5.74, 6) is -21.4. The van der Waals surface area contributed by atoms with Crippen LogP contribution in [-0.4, -0.2) is 191 Å². The van der Waals surface area contributed by atoms with E-state index in [-0.39, 0.29) is 29.9 Å². The summed E-state index contributed by atoms with van der Waals surface area (Å²) < 4.78 is 0. The number of para-hydroxylation sites is 1. The summed E-state index contributed by atoms with van der Waals surface area (Å²) in [4.78, 5) is 199. The fourth-order valence-corrected chi connectivity index (χ4v) is 8.77. The third-order valence-electron chi connectivity index (χ3n) is 12.8. The van der Waals surface area contributed by atoms with Crippen LogP contribution in [0.5, 0.6) is 5.75 Å². The maximum absolute atomic E-state index is 14.4. The predicted molar refractivity (Wildman–Crippen MR) is 313 cm³/mol. The lowest BCUT2D eigenvalue weighted by Gasteiger charge is -2.28. The van der Waals surface area contributed by atoms with Gasteiger partial charge in [0.2, 0.25) is 65.0 Å². The highest BCUT2D eigenvalue weighted by Crippen LogP contribution is 2.20. The molecule has 88 heavy (non-hydrogen) atoms. The molecule has 480 valence electrons. The largest absolute Gasteiger partial charge is 0.508 e. The van der Waals surface area contributed by atoms with Crippen LogP contribution in [0.15, 0.2) is 54.7 Å². The molecule has 0 aliphatic carbocycles. The van der Waals surface area contributed by atoms with Gasteiger partial charge < -0.3 is 95.6 Å². The molecule has 0 aliphatic rings. The van der Waals surface area contributed by atoms with Crippen molar-refractivity contribution in [3.8, 4) is 5.75 Å². The van der Waals surface area contributed by atoms with Gasteiger partial charge in [0.05, 0.1) is 31.7 Å². The fourth-order valence-electron chi connectivity index (χ4n) is 8.35. The summed E-state index contributed by atoms with van der Waals surface area (Å²) >= 11 is 7.84. The monoisotopic (exact) mass is 1270 g/mol. The second-order valence-corrected chi connectivity index (χ2v) is 21.1. The van der Waals surface area contributed by atoms with Crippen molar-refractivity contribution in [1.29, 1.82) is 0 Å². The number of nitrogens with one attached hydrogen (secondary N) is 10. The number of benzene rings is 2. The molecule has 0 bridgehead atoms. The second-order valence-electron chi connectivity index (χ2n) is 20.4. The van der Waals surface area contributed by atoms with Gasteiger partial charge >= 0.3 is 23.9 Å². The van der Waals surface area contributed by atoms with E-state index in [9.17, 15) is 97.5 Å². The van der Waals surface area contributed by atoms with Gasteiger partial charge in [0.15, 0.2) is 0 Å². The molecular weight excluding hydrogens is 1200 g/mol. The van der Waals surface area contributed by atoms with Crippen LogP contribution in [0.1, 0.15) is 69.9 Å². The SMILES string of the molecule is CC(C)C[C@H](NC(=O)[C@H](Cc1ccc(O)cc1)NC(=O)[C@H](CC(N)=O)NC(=O)[C@H](CCC(N)=O)NC(=O)[C@H](CC(=O)O)NC(=O)[C@H](Cc1c[nH]c2ccccc12)NC(=O)[C@@H](N)CS)C(=O)N[C@@H](CC(=O)O)C(=O)N[C@@H](CC(=O)O)C(=O)N[C@@H](CS)C(=O)O. The molecule has 0 saturated carbocycles. The Morgan fingerprint density at radius 2 is 0.875 bits per heavy atom. The highest BCUT2D eigenvalue weighted by Gasteiger charge is 2.38. The van der Waals surface area contributed by atoms with Crippen LogP contribution < -0.4 is 65.1 Å². The van der Waals surface area contributed by atoms with E-state index in [0.29, 0.717) is 16.5 Å². The van der Waals surface area contributed by atoms with E-state index in [1.54, 1.807) is 44.3 Å². The Hall–Kier alpha value is -9.51.